The van der Waals surface area contributed by atoms with Gasteiger partial charge in [-0.15, -0.1) is 0 Å². The zero-order valence-electron chi connectivity index (χ0n) is 30.8. The van der Waals surface area contributed by atoms with Crippen LogP contribution < -0.4 is 15.6 Å². The number of carbonyl (C=O) groups is 1. The highest BCUT2D eigenvalue weighted by molar-refractivity contribution is 7.92. The molecule has 0 radical (unpaired) electrons. The maximum Gasteiger partial charge on any atom is 0.293 e. The molecular formula is C38H33ClF6N8O4S. The van der Waals surface area contributed by atoms with Crippen molar-refractivity contribution in [3.05, 3.63) is 109 Å². The molecule has 3 aromatic carbocycles. The number of carbonyl (C=O) groups excluding carboxylic acids is 1. The standard InChI is InChI=1S/C38H33ClF6N8O4S/c1-4-5-17-6-7-21-25(12-17)47-36(53(37(21)55)27-9-8-24(39)30-32(27)51(2)49-35(30)50-58(3,56)57)26(13-18-10-19(40)14-20(41)11-18)46-28(54)16-52-33-29(31(48-52)34(42)43)22-15-23(22)38(33,44)45/h6-12,14,22-23,26,34H,4-5,13,15-16H2,1-3H3,(H,46,54)(H,49,50)/t22-,23+,26-/m0/s1. The van der Waals surface area contributed by atoms with Gasteiger partial charge in [0.15, 0.2) is 5.82 Å². The molecule has 20 heteroatoms. The first-order chi connectivity index (χ1) is 27.4. The number of anilines is 1. The lowest BCUT2D eigenvalue weighted by atomic mass is 10.0. The fourth-order valence-corrected chi connectivity index (χ4v) is 8.81. The number of nitrogens with one attached hydrogen (secondary N) is 2. The third kappa shape index (κ3) is 6.86. The Labute approximate surface area is 330 Å². The van der Waals surface area contributed by atoms with Crippen LogP contribution in [-0.4, -0.2) is 49.7 Å². The molecule has 3 aromatic heterocycles. The number of aryl methyl sites for hydroxylation is 2. The maximum atomic E-state index is 15.4. The van der Waals surface area contributed by atoms with Crippen molar-refractivity contribution in [1.82, 2.24) is 34.4 Å². The minimum Gasteiger partial charge on any atom is -0.344 e. The molecule has 6 aromatic rings. The number of nitrogens with zero attached hydrogens (tertiary/aromatic N) is 6. The van der Waals surface area contributed by atoms with Crippen LogP contribution in [0.2, 0.25) is 5.02 Å². The summed E-state index contributed by atoms with van der Waals surface area (Å²) >= 11 is 6.60. The van der Waals surface area contributed by atoms with Crippen LogP contribution in [0.5, 0.6) is 0 Å². The predicted octanol–water partition coefficient (Wildman–Crippen LogP) is 6.97. The minimum atomic E-state index is -3.88. The first kappa shape index (κ1) is 39.4. The van der Waals surface area contributed by atoms with E-state index >= 15 is 8.78 Å². The van der Waals surface area contributed by atoms with Crippen LogP contribution in [0.3, 0.4) is 0 Å². The van der Waals surface area contributed by atoms with Crippen molar-refractivity contribution >= 4 is 55.2 Å². The molecule has 1 amide bonds. The summed E-state index contributed by atoms with van der Waals surface area (Å²) in [4.78, 5) is 33.7. The molecule has 1 fully saturated rings. The number of aromatic nitrogens is 6. The molecule has 0 spiro atoms. The Morgan fingerprint density at radius 1 is 1.05 bits per heavy atom. The predicted molar refractivity (Wildman–Crippen MR) is 202 cm³/mol. The molecule has 0 bridgehead atoms. The summed E-state index contributed by atoms with van der Waals surface area (Å²) in [5, 5.41) is 11.0. The number of sulfonamides is 1. The molecule has 1 saturated carbocycles. The fraction of sp³-hybridized carbons (Fsp3) is 0.342. The third-order valence-corrected chi connectivity index (χ3v) is 11.3. The van der Waals surface area contributed by atoms with Gasteiger partial charge in [0, 0.05) is 31.0 Å². The molecule has 12 nitrogen and oxygen atoms in total. The molecule has 2 aliphatic rings. The zero-order chi connectivity index (χ0) is 41.6. The van der Waals surface area contributed by atoms with Crippen molar-refractivity contribution in [2.45, 2.75) is 63.5 Å². The Bertz CT molecular complexity index is 2840. The summed E-state index contributed by atoms with van der Waals surface area (Å²) in [5.74, 6) is -8.82. The minimum absolute atomic E-state index is 0.00329. The number of hydrogen-bond acceptors (Lipinski definition) is 7. The average molecular weight is 847 g/mol. The Morgan fingerprint density at radius 3 is 2.45 bits per heavy atom. The Morgan fingerprint density at radius 2 is 1.78 bits per heavy atom. The van der Waals surface area contributed by atoms with Crippen LogP contribution in [0, 0.1) is 17.6 Å². The first-order valence-corrected chi connectivity index (χ1v) is 20.3. The lowest BCUT2D eigenvalue weighted by Gasteiger charge is -2.24. The van der Waals surface area contributed by atoms with E-state index in [0.29, 0.717) is 17.2 Å². The van der Waals surface area contributed by atoms with Gasteiger partial charge in [-0.2, -0.15) is 19.0 Å². The van der Waals surface area contributed by atoms with Gasteiger partial charge in [-0.05, 0) is 66.3 Å². The van der Waals surface area contributed by atoms with Crippen LogP contribution in [-0.2, 0) is 47.2 Å². The van der Waals surface area contributed by atoms with Crippen molar-refractivity contribution in [3.8, 4) is 5.69 Å². The van der Waals surface area contributed by atoms with Crippen molar-refractivity contribution in [2.75, 3.05) is 11.0 Å². The number of halogens is 7. The highest BCUT2D eigenvalue weighted by Gasteiger charge is 2.67. The van der Waals surface area contributed by atoms with Crippen LogP contribution >= 0.6 is 11.6 Å². The number of benzene rings is 3. The van der Waals surface area contributed by atoms with Gasteiger partial charge in [-0.1, -0.05) is 31.0 Å². The second-order valence-electron chi connectivity index (χ2n) is 14.6. The SMILES string of the molecule is CCCc1ccc2c(=O)n(-c3ccc(Cl)c4c(NS(C)(=O)=O)nn(C)c34)c([C@H](Cc3cc(F)cc(F)c3)NC(=O)Cn3nc(C(F)F)c4c3C(F)(F)[C@@H]3C[C@H]43)nc2c1. The van der Waals surface area contributed by atoms with Crippen molar-refractivity contribution < 1.29 is 39.6 Å². The molecule has 304 valence electrons. The largest absolute Gasteiger partial charge is 0.344 e. The van der Waals surface area contributed by atoms with Gasteiger partial charge in [0.25, 0.3) is 17.9 Å². The summed E-state index contributed by atoms with van der Waals surface area (Å²) in [6, 6.07) is 9.00. The Balaban J connectivity index is 1.33. The normalized spacial score (nSPS) is 17.5. The van der Waals surface area contributed by atoms with Gasteiger partial charge in [-0.3, -0.25) is 28.2 Å². The number of hydrogen-bond donors (Lipinski definition) is 2. The molecular weight excluding hydrogens is 814 g/mol. The van der Waals surface area contributed by atoms with Gasteiger partial charge in [-0.25, -0.2) is 31.0 Å². The second-order valence-corrected chi connectivity index (χ2v) is 16.8. The molecule has 0 aliphatic heterocycles. The summed E-state index contributed by atoms with van der Waals surface area (Å²) in [7, 11) is -2.41. The second kappa shape index (κ2) is 14.1. The zero-order valence-corrected chi connectivity index (χ0v) is 32.4. The van der Waals surface area contributed by atoms with Gasteiger partial charge < -0.3 is 5.32 Å². The Hall–Kier alpha value is -5.43. The van der Waals surface area contributed by atoms with E-state index in [1.807, 2.05) is 6.92 Å². The van der Waals surface area contributed by atoms with E-state index in [0.717, 1.165) is 34.9 Å². The number of alkyl halides is 4. The molecule has 0 saturated heterocycles. The van der Waals surface area contributed by atoms with E-state index in [2.05, 4.69) is 20.2 Å². The lowest BCUT2D eigenvalue weighted by molar-refractivity contribution is -0.123. The summed E-state index contributed by atoms with van der Waals surface area (Å²) in [6.07, 6.45) is -1.33. The molecule has 58 heavy (non-hydrogen) atoms. The van der Waals surface area contributed by atoms with Crippen LogP contribution in [0.25, 0.3) is 27.5 Å². The third-order valence-electron chi connectivity index (χ3n) is 10.4. The van der Waals surface area contributed by atoms with E-state index in [-0.39, 0.29) is 61.7 Å². The van der Waals surface area contributed by atoms with Crippen LogP contribution in [0.1, 0.15) is 72.1 Å². The molecule has 3 atom stereocenters. The van der Waals surface area contributed by atoms with E-state index in [1.165, 1.54) is 23.9 Å². The Kier molecular flexibility index (Phi) is 9.61. The summed E-state index contributed by atoms with van der Waals surface area (Å²) in [5.41, 5.74) is -1.37. The van der Waals surface area contributed by atoms with Gasteiger partial charge in [0.05, 0.1) is 44.8 Å². The smallest absolute Gasteiger partial charge is 0.293 e. The van der Waals surface area contributed by atoms with Crippen molar-refractivity contribution in [1.29, 1.82) is 0 Å². The first-order valence-electron chi connectivity index (χ1n) is 18.1. The highest BCUT2D eigenvalue weighted by atomic mass is 35.5. The van der Waals surface area contributed by atoms with Gasteiger partial charge >= 0.3 is 0 Å². The summed E-state index contributed by atoms with van der Waals surface area (Å²) < 4.78 is 118. The van der Waals surface area contributed by atoms with Crippen LogP contribution in [0.4, 0.5) is 32.2 Å². The molecule has 2 N–H and O–H groups in total. The van der Waals surface area contributed by atoms with E-state index in [9.17, 15) is 35.6 Å². The monoisotopic (exact) mass is 846 g/mol. The fourth-order valence-electron chi connectivity index (χ4n) is 8.07. The molecule has 2 aliphatic carbocycles. The van der Waals surface area contributed by atoms with E-state index in [1.54, 1.807) is 18.2 Å². The summed E-state index contributed by atoms with van der Waals surface area (Å²) in [6.45, 7) is 0.999. The van der Waals surface area contributed by atoms with Gasteiger partial charge in [0.2, 0.25) is 15.9 Å². The van der Waals surface area contributed by atoms with E-state index < -0.39 is 87.7 Å². The maximum absolute atomic E-state index is 15.4. The van der Waals surface area contributed by atoms with Crippen molar-refractivity contribution in [3.63, 3.8) is 0 Å². The van der Waals surface area contributed by atoms with Crippen LogP contribution in [0.15, 0.2) is 53.3 Å². The quantitative estimate of drug-likeness (QED) is 0.127. The number of rotatable bonds is 12. The highest BCUT2D eigenvalue weighted by Crippen LogP contribution is 2.68. The van der Waals surface area contributed by atoms with Crippen molar-refractivity contribution in [2.24, 2.45) is 13.0 Å². The lowest BCUT2D eigenvalue weighted by Crippen LogP contribution is -2.38. The average Bonchev–Trinajstić information content (AvgIpc) is 3.66. The number of amides is 1. The molecule has 0 unspecified atom stereocenters. The molecule has 3 heterocycles. The number of fused-ring (bicyclic) bond motifs is 5. The van der Waals surface area contributed by atoms with Gasteiger partial charge in [0.1, 0.15) is 35.4 Å². The molecule has 8 rings (SSSR count). The topological polar surface area (TPSA) is 146 Å². The van der Waals surface area contributed by atoms with E-state index in [4.69, 9.17) is 16.6 Å².